The molecule has 0 aliphatic heterocycles. The molecule has 4 nitrogen and oxygen atoms in total. The van der Waals surface area contributed by atoms with Crippen molar-refractivity contribution in [3.63, 3.8) is 0 Å². The second kappa shape index (κ2) is 6.29. The van der Waals surface area contributed by atoms with Crippen LogP contribution >= 0.6 is 11.6 Å². The summed E-state index contributed by atoms with van der Waals surface area (Å²) in [5, 5.41) is 9.39. The standard InChI is InChI=1S/C16H13ClN2O2/c1-21-15-5-3-10(8-14(15)17)6-12-4-2-11(9-18)7-13(12)16(19)20/h2-5,7-8H,6H2,1H3,(H2,19,20). The highest BCUT2D eigenvalue weighted by molar-refractivity contribution is 6.32. The third-order valence-corrected chi connectivity index (χ3v) is 3.41. The molecule has 1 amide bonds. The third-order valence-electron chi connectivity index (χ3n) is 3.12. The van der Waals surface area contributed by atoms with Crippen molar-refractivity contribution < 1.29 is 9.53 Å². The van der Waals surface area contributed by atoms with Crippen LogP contribution in [0.5, 0.6) is 5.75 Å². The van der Waals surface area contributed by atoms with Gasteiger partial charge >= 0.3 is 0 Å². The number of hydrogen-bond donors (Lipinski definition) is 1. The minimum Gasteiger partial charge on any atom is -0.495 e. The molecular formula is C16H13ClN2O2. The van der Waals surface area contributed by atoms with Gasteiger partial charge in [-0.15, -0.1) is 0 Å². The lowest BCUT2D eigenvalue weighted by Gasteiger charge is -2.09. The molecule has 2 N–H and O–H groups in total. The quantitative estimate of drug-likeness (QED) is 0.943. The van der Waals surface area contributed by atoms with Gasteiger partial charge in [0.25, 0.3) is 0 Å². The Morgan fingerprint density at radius 3 is 2.67 bits per heavy atom. The van der Waals surface area contributed by atoms with Crippen LogP contribution in [0, 0.1) is 11.3 Å². The monoisotopic (exact) mass is 300 g/mol. The van der Waals surface area contributed by atoms with Gasteiger partial charge in [0.2, 0.25) is 5.91 Å². The molecule has 0 heterocycles. The van der Waals surface area contributed by atoms with E-state index >= 15 is 0 Å². The molecule has 21 heavy (non-hydrogen) atoms. The Labute approximate surface area is 127 Å². The van der Waals surface area contributed by atoms with E-state index in [0.29, 0.717) is 28.3 Å². The van der Waals surface area contributed by atoms with E-state index in [1.54, 1.807) is 31.4 Å². The Morgan fingerprint density at radius 1 is 1.33 bits per heavy atom. The smallest absolute Gasteiger partial charge is 0.249 e. The van der Waals surface area contributed by atoms with E-state index in [4.69, 9.17) is 27.3 Å². The van der Waals surface area contributed by atoms with Gasteiger partial charge in [0.05, 0.1) is 23.8 Å². The average Bonchev–Trinajstić information content (AvgIpc) is 2.47. The van der Waals surface area contributed by atoms with Crippen molar-refractivity contribution in [2.45, 2.75) is 6.42 Å². The Kier molecular flexibility index (Phi) is 4.46. The Hall–Kier alpha value is -2.51. The van der Waals surface area contributed by atoms with E-state index in [1.165, 1.54) is 6.07 Å². The first-order chi connectivity index (χ1) is 10.0. The number of hydrogen-bond acceptors (Lipinski definition) is 3. The molecular weight excluding hydrogens is 288 g/mol. The number of ether oxygens (including phenoxy) is 1. The van der Waals surface area contributed by atoms with Gasteiger partial charge in [0.15, 0.2) is 0 Å². The highest BCUT2D eigenvalue weighted by atomic mass is 35.5. The van der Waals surface area contributed by atoms with Crippen LogP contribution in [-0.2, 0) is 6.42 Å². The molecule has 106 valence electrons. The van der Waals surface area contributed by atoms with Gasteiger partial charge in [-0.3, -0.25) is 4.79 Å². The summed E-state index contributed by atoms with van der Waals surface area (Å²) >= 11 is 6.09. The van der Waals surface area contributed by atoms with Crippen LogP contribution in [0.15, 0.2) is 36.4 Å². The van der Waals surface area contributed by atoms with Gasteiger partial charge < -0.3 is 10.5 Å². The number of carbonyl (C=O) groups is 1. The van der Waals surface area contributed by atoms with E-state index in [2.05, 4.69) is 0 Å². The van der Waals surface area contributed by atoms with Crippen molar-refractivity contribution >= 4 is 17.5 Å². The van der Waals surface area contributed by atoms with Crippen LogP contribution in [-0.4, -0.2) is 13.0 Å². The summed E-state index contributed by atoms with van der Waals surface area (Å²) in [5.41, 5.74) is 7.80. The van der Waals surface area contributed by atoms with E-state index in [-0.39, 0.29) is 0 Å². The van der Waals surface area contributed by atoms with Crippen LogP contribution in [0.4, 0.5) is 0 Å². The summed E-state index contributed by atoms with van der Waals surface area (Å²) in [5.74, 6) is 0.0390. The molecule has 0 aromatic heterocycles. The van der Waals surface area contributed by atoms with Gasteiger partial charge in [-0.2, -0.15) is 5.26 Å². The lowest BCUT2D eigenvalue weighted by atomic mass is 9.97. The van der Waals surface area contributed by atoms with E-state index < -0.39 is 5.91 Å². The second-order valence-electron chi connectivity index (χ2n) is 4.49. The fourth-order valence-electron chi connectivity index (χ4n) is 2.07. The topological polar surface area (TPSA) is 76.1 Å². The minimum absolute atomic E-state index is 0.348. The summed E-state index contributed by atoms with van der Waals surface area (Å²) < 4.78 is 5.10. The number of nitriles is 1. The van der Waals surface area contributed by atoms with Crippen LogP contribution in [0.25, 0.3) is 0 Å². The van der Waals surface area contributed by atoms with Gasteiger partial charge in [0.1, 0.15) is 5.75 Å². The predicted octanol–water partition coefficient (Wildman–Crippen LogP) is 2.91. The SMILES string of the molecule is COc1ccc(Cc2ccc(C#N)cc2C(N)=O)cc1Cl. The third kappa shape index (κ3) is 3.33. The molecule has 0 radical (unpaired) electrons. The molecule has 0 atom stereocenters. The number of nitrogens with zero attached hydrogens (tertiary/aromatic N) is 1. The van der Waals surface area contributed by atoms with Crippen molar-refractivity contribution in [2.24, 2.45) is 5.73 Å². The number of carbonyl (C=O) groups excluding carboxylic acids is 1. The first kappa shape index (κ1) is 14.9. The minimum atomic E-state index is -0.554. The van der Waals surface area contributed by atoms with Crippen molar-refractivity contribution in [1.82, 2.24) is 0 Å². The van der Waals surface area contributed by atoms with Crippen molar-refractivity contribution in [1.29, 1.82) is 5.26 Å². The summed E-state index contributed by atoms with van der Waals surface area (Å²) in [6.07, 6.45) is 0.494. The molecule has 0 spiro atoms. The van der Waals surface area contributed by atoms with E-state index in [9.17, 15) is 4.79 Å². The highest BCUT2D eigenvalue weighted by Gasteiger charge is 2.11. The van der Waals surface area contributed by atoms with E-state index in [0.717, 1.165) is 11.1 Å². The molecule has 0 bridgehead atoms. The van der Waals surface area contributed by atoms with Crippen LogP contribution in [0.1, 0.15) is 27.0 Å². The van der Waals surface area contributed by atoms with E-state index in [1.807, 2.05) is 12.1 Å². The molecule has 0 saturated heterocycles. The molecule has 2 aromatic rings. The van der Waals surface area contributed by atoms with Gasteiger partial charge in [0, 0.05) is 5.56 Å². The molecule has 0 saturated carbocycles. The fraction of sp³-hybridized carbons (Fsp3) is 0.125. The zero-order valence-electron chi connectivity index (χ0n) is 11.4. The second-order valence-corrected chi connectivity index (χ2v) is 4.90. The lowest BCUT2D eigenvalue weighted by molar-refractivity contribution is 0.0999. The predicted molar refractivity (Wildman–Crippen MR) is 80.5 cm³/mol. The molecule has 2 aromatic carbocycles. The summed E-state index contributed by atoms with van der Waals surface area (Å²) in [6, 6.07) is 12.3. The summed E-state index contributed by atoms with van der Waals surface area (Å²) in [7, 11) is 1.55. The Morgan fingerprint density at radius 2 is 2.10 bits per heavy atom. The molecule has 2 rings (SSSR count). The summed E-state index contributed by atoms with van der Waals surface area (Å²) in [6.45, 7) is 0. The van der Waals surface area contributed by atoms with Gasteiger partial charge in [-0.25, -0.2) is 0 Å². The summed E-state index contributed by atoms with van der Waals surface area (Å²) in [4.78, 5) is 11.5. The Bertz CT molecular complexity index is 736. The van der Waals surface area contributed by atoms with Crippen molar-refractivity contribution in [3.8, 4) is 11.8 Å². The molecule has 5 heteroatoms. The number of halogens is 1. The average molecular weight is 301 g/mol. The van der Waals surface area contributed by atoms with Crippen LogP contribution < -0.4 is 10.5 Å². The largest absolute Gasteiger partial charge is 0.495 e. The first-order valence-corrected chi connectivity index (χ1v) is 6.58. The van der Waals surface area contributed by atoms with Gasteiger partial charge in [-0.1, -0.05) is 23.7 Å². The maximum Gasteiger partial charge on any atom is 0.249 e. The molecule has 0 aliphatic carbocycles. The maximum atomic E-state index is 11.5. The van der Waals surface area contributed by atoms with Crippen LogP contribution in [0.2, 0.25) is 5.02 Å². The van der Waals surface area contributed by atoms with Crippen molar-refractivity contribution in [2.75, 3.05) is 7.11 Å². The molecule has 0 unspecified atom stereocenters. The highest BCUT2D eigenvalue weighted by Crippen LogP contribution is 2.26. The number of amides is 1. The number of benzene rings is 2. The fourth-order valence-corrected chi connectivity index (χ4v) is 2.35. The normalized spacial score (nSPS) is 9.95. The number of methoxy groups -OCH3 is 1. The zero-order chi connectivity index (χ0) is 15.4. The van der Waals surface area contributed by atoms with Crippen molar-refractivity contribution in [3.05, 3.63) is 63.7 Å². The van der Waals surface area contributed by atoms with Gasteiger partial charge in [-0.05, 0) is 41.8 Å². The zero-order valence-corrected chi connectivity index (χ0v) is 12.1. The Balaban J connectivity index is 2.37. The maximum absolute atomic E-state index is 11.5. The molecule has 0 fully saturated rings. The lowest BCUT2D eigenvalue weighted by Crippen LogP contribution is -2.14. The number of rotatable bonds is 4. The number of primary amides is 1. The van der Waals surface area contributed by atoms with Crippen LogP contribution in [0.3, 0.4) is 0 Å². The molecule has 0 aliphatic rings. The number of nitrogens with two attached hydrogens (primary N) is 1. The first-order valence-electron chi connectivity index (χ1n) is 6.20.